The first kappa shape index (κ1) is 10.7. The molecule has 0 N–H and O–H groups in total. The predicted molar refractivity (Wildman–Crippen MR) is 60.5 cm³/mol. The van der Waals surface area contributed by atoms with Crippen LogP contribution in [0.15, 0.2) is 0 Å². The van der Waals surface area contributed by atoms with Crippen LogP contribution in [0.2, 0.25) is 0 Å². The minimum atomic E-state index is -0.164. The van der Waals surface area contributed by atoms with Crippen molar-refractivity contribution in [2.24, 2.45) is 0 Å². The summed E-state index contributed by atoms with van der Waals surface area (Å²) < 4.78 is 0. The molecule has 2 aliphatic rings. The van der Waals surface area contributed by atoms with Crippen molar-refractivity contribution in [3.63, 3.8) is 0 Å². The van der Waals surface area contributed by atoms with Gasteiger partial charge in [0.1, 0.15) is 0 Å². The molecule has 1 aliphatic carbocycles. The number of carbonyl (C=O) groups is 1. The van der Waals surface area contributed by atoms with E-state index in [0.29, 0.717) is 12.2 Å². The van der Waals surface area contributed by atoms with Crippen LogP contribution in [0.25, 0.3) is 0 Å². The minimum absolute atomic E-state index is 0.164. The highest BCUT2D eigenvalue weighted by Crippen LogP contribution is 2.38. The molecule has 1 saturated carbocycles. The third kappa shape index (κ3) is 1.81. The van der Waals surface area contributed by atoms with Crippen LogP contribution in [0.3, 0.4) is 0 Å². The maximum atomic E-state index is 12.2. The molecule has 0 radical (unpaired) electrons. The van der Waals surface area contributed by atoms with Crippen molar-refractivity contribution < 1.29 is 4.79 Å². The molecule has 0 aromatic heterocycles. The van der Waals surface area contributed by atoms with Crippen molar-refractivity contribution in [2.75, 3.05) is 13.1 Å². The zero-order valence-corrected chi connectivity index (χ0v) is 9.30. The Kier molecular flexibility index (Phi) is 3.11. The van der Waals surface area contributed by atoms with Gasteiger partial charge in [-0.1, -0.05) is 18.8 Å². The van der Waals surface area contributed by atoms with Gasteiger partial charge < -0.3 is 0 Å². The van der Waals surface area contributed by atoms with E-state index in [1.807, 2.05) is 0 Å². The Morgan fingerprint density at radius 3 is 2.33 bits per heavy atom. The average Bonchev–Trinajstić information content (AvgIpc) is 2.90. The topological polar surface area (TPSA) is 20.3 Å². The zero-order chi connectivity index (χ0) is 10.7. The molecule has 2 fully saturated rings. The van der Waals surface area contributed by atoms with E-state index in [1.165, 1.54) is 25.7 Å². The van der Waals surface area contributed by atoms with Crippen molar-refractivity contribution in [2.45, 2.75) is 50.5 Å². The van der Waals surface area contributed by atoms with Gasteiger partial charge in [0.05, 0.1) is 12.0 Å². The number of carbonyl (C=O) groups excluding carboxylic acids is 1. The van der Waals surface area contributed by atoms with Crippen LogP contribution in [-0.4, -0.2) is 29.3 Å². The van der Waals surface area contributed by atoms with Crippen molar-refractivity contribution in [1.29, 1.82) is 0 Å². The summed E-state index contributed by atoms with van der Waals surface area (Å²) in [6.45, 7) is 2.19. The lowest BCUT2D eigenvalue weighted by Crippen LogP contribution is -2.51. The third-order valence-corrected chi connectivity index (χ3v) is 3.92. The van der Waals surface area contributed by atoms with Crippen LogP contribution >= 0.6 is 0 Å². The molecule has 0 atom stereocenters. The van der Waals surface area contributed by atoms with E-state index in [0.717, 1.165) is 25.9 Å². The third-order valence-electron chi connectivity index (χ3n) is 3.92. The zero-order valence-electron chi connectivity index (χ0n) is 9.30. The second-order valence-corrected chi connectivity index (χ2v) is 4.74. The van der Waals surface area contributed by atoms with Crippen molar-refractivity contribution in [1.82, 2.24) is 4.90 Å². The molecule has 2 rings (SSSR count). The van der Waals surface area contributed by atoms with Gasteiger partial charge in [-0.25, -0.2) is 0 Å². The van der Waals surface area contributed by atoms with Crippen LogP contribution in [-0.2, 0) is 4.79 Å². The Bertz CT molecular complexity index is 277. The maximum Gasteiger partial charge on any atom is 0.164 e. The first-order valence-electron chi connectivity index (χ1n) is 6.01. The van der Waals surface area contributed by atoms with Gasteiger partial charge in [0.25, 0.3) is 0 Å². The Labute approximate surface area is 92.0 Å². The highest BCUT2D eigenvalue weighted by atomic mass is 16.1. The molecular weight excluding hydrogens is 186 g/mol. The van der Waals surface area contributed by atoms with Gasteiger partial charge in [-0.15, -0.1) is 6.42 Å². The molecule has 0 aromatic carbocycles. The Balaban J connectivity index is 2.16. The van der Waals surface area contributed by atoms with E-state index in [1.54, 1.807) is 0 Å². The van der Waals surface area contributed by atoms with Crippen molar-refractivity contribution in [3.8, 4) is 12.3 Å². The smallest absolute Gasteiger partial charge is 0.164 e. The van der Waals surface area contributed by atoms with Crippen LogP contribution < -0.4 is 0 Å². The fourth-order valence-corrected chi connectivity index (χ4v) is 3.13. The maximum absolute atomic E-state index is 12.2. The second kappa shape index (κ2) is 4.37. The summed E-state index contributed by atoms with van der Waals surface area (Å²) in [5.74, 6) is 2.81. The first-order chi connectivity index (χ1) is 7.29. The highest BCUT2D eigenvalue weighted by molar-refractivity contribution is 5.90. The lowest BCUT2D eigenvalue weighted by molar-refractivity contribution is -0.129. The molecule has 15 heavy (non-hydrogen) atoms. The van der Waals surface area contributed by atoms with Gasteiger partial charge >= 0.3 is 0 Å². The van der Waals surface area contributed by atoms with Gasteiger partial charge in [-0.2, -0.15) is 0 Å². The van der Waals surface area contributed by atoms with E-state index in [4.69, 9.17) is 6.42 Å². The quantitative estimate of drug-likeness (QED) is 0.657. The number of hydrogen-bond donors (Lipinski definition) is 0. The molecule has 0 unspecified atom stereocenters. The first-order valence-corrected chi connectivity index (χ1v) is 6.01. The molecule has 82 valence electrons. The largest absolute Gasteiger partial charge is 0.297 e. The molecule has 1 heterocycles. The van der Waals surface area contributed by atoms with E-state index in [2.05, 4.69) is 10.8 Å². The van der Waals surface area contributed by atoms with E-state index >= 15 is 0 Å². The van der Waals surface area contributed by atoms with E-state index in [9.17, 15) is 4.79 Å². The standard InChI is InChI=1S/C13H19NO/c1-2-7-12(15)13(8-3-4-9-13)14-10-5-6-11-14/h1H,3-11H2. The summed E-state index contributed by atoms with van der Waals surface area (Å²) in [6, 6.07) is 0. The minimum Gasteiger partial charge on any atom is -0.297 e. The molecule has 0 bridgehead atoms. The fraction of sp³-hybridized carbons (Fsp3) is 0.769. The van der Waals surface area contributed by atoms with E-state index in [-0.39, 0.29) is 5.54 Å². The monoisotopic (exact) mass is 205 g/mol. The number of likely N-dealkylation sites (tertiary alicyclic amines) is 1. The van der Waals surface area contributed by atoms with Gasteiger partial charge in [0.15, 0.2) is 5.78 Å². The Morgan fingerprint density at radius 2 is 1.80 bits per heavy atom. The van der Waals surface area contributed by atoms with E-state index < -0.39 is 0 Å². The Morgan fingerprint density at radius 1 is 1.20 bits per heavy atom. The molecule has 2 heteroatoms. The summed E-state index contributed by atoms with van der Waals surface area (Å²) in [5, 5.41) is 0. The highest BCUT2D eigenvalue weighted by Gasteiger charge is 2.45. The predicted octanol–water partition coefficient (Wildman–Crippen LogP) is 1.99. The van der Waals surface area contributed by atoms with Crippen LogP contribution in [0.4, 0.5) is 0 Å². The van der Waals surface area contributed by atoms with Gasteiger partial charge in [-0.3, -0.25) is 9.69 Å². The molecule has 0 spiro atoms. The summed E-state index contributed by atoms with van der Waals surface area (Å²) in [5.41, 5.74) is -0.164. The molecule has 1 saturated heterocycles. The average molecular weight is 205 g/mol. The number of nitrogens with zero attached hydrogens (tertiary/aromatic N) is 1. The summed E-state index contributed by atoms with van der Waals surface area (Å²) in [4.78, 5) is 14.6. The van der Waals surface area contributed by atoms with Gasteiger partial charge in [0.2, 0.25) is 0 Å². The van der Waals surface area contributed by atoms with Crippen LogP contribution in [0.5, 0.6) is 0 Å². The van der Waals surface area contributed by atoms with Crippen LogP contribution in [0.1, 0.15) is 44.9 Å². The second-order valence-electron chi connectivity index (χ2n) is 4.74. The lowest BCUT2D eigenvalue weighted by Gasteiger charge is -2.36. The van der Waals surface area contributed by atoms with Crippen molar-refractivity contribution >= 4 is 5.78 Å². The van der Waals surface area contributed by atoms with Crippen molar-refractivity contribution in [3.05, 3.63) is 0 Å². The molecule has 0 aromatic rings. The number of ketones is 1. The summed E-state index contributed by atoms with van der Waals surface area (Å²) >= 11 is 0. The number of Topliss-reactive ketones (excluding diaryl/α,β-unsaturated/α-hetero) is 1. The SMILES string of the molecule is C#CCC(=O)C1(N2CCCC2)CCCC1. The summed E-state index contributed by atoms with van der Waals surface area (Å²) in [7, 11) is 0. The fourth-order valence-electron chi connectivity index (χ4n) is 3.13. The number of rotatable bonds is 3. The molecular formula is C13H19NO. The Hall–Kier alpha value is -0.810. The summed E-state index contributed by atoms with van der Waals surface area (Å²) in [6.07, 6.45) is 12.5. The van der Waals surface area contributed by atoms with Gasteiger partial charge in [-0.05, 0) is 38.8 Å². The lowest BCUT2D eigenvalue weighted by atomic mass is 9.88. The number of hydrogen-bond acceptors (Lipinski definition) is 2. The normalized spacial score (nSPS) is 25.3. The molecule has 2 nitrogen and oxygen atoms in total. The number of terminal acetylenes is 1. The van der Waals surface area contributed by atoms with Crippen LogP contribution in [0, 0.1) is 12.3 Å². The van der Waals surface area contributed by atoms with Gasteiger partial charge in [0, 0.05) is 0 Å². The molecule has 1 aliphatic heterocycles. The molecule has 0 amide bonds.